The topological polar surface area (TPSA) is 149 Å². The third-order valence-corrected chi connectivity index (χ3v) is 9.36. The molecule has 0 spiro atoms. The Morgan fingerprint density at radius 3 is 1.64 bits per heavy atom. The second kappa shape index (κ2) is 29.8. The molecule has 9 nitrogen and oxygen atoms in total. The zero-order valence-corrected chi connectivity index (χ0v) is 30.0. The van der Waals surface area contributed by atoms with Crippen molar-refractivity contribution in [3.8, 4) is 0 Å². The van der Waals surface area contributed by atoms with Crippen molar-refractivity contribution >= 4 is 5.91 Å². The molecule has 1 rings (SSSR count). The monoisotopic (exact) mass is 672 g/mol. The largest absolute Gasteiger partial charge is 0.394 e. The number of ether oxygens (including phenoxy) is 2. The van der Waals surface area contributed by atoms with Crippen molar-refractivity contribution in [3.63, 3.8) is 0 Å². The maximum atomic E-state index is 12.4. The molecule has 0 bridgehead atoms. The van der Waals surface area contributed by atoms with Crippen molar-refractivity contribution in [1.29, 1.82) is 0 Å². The molecule has 1 amide bonds. The Morgan fingerprint density at radius 2 is 1.17 bits per heavy atom. The predicted molar refractivity (Wildman–Crippen MR) is 189 cm³/mol. The summed E-state index contributed by atoms with van der Waals surface area (Å²) in [6.07, 6.45) is 25.3. The van der Waals surface area contributed by atoms with Gasteiger partial charge < -0.3 is 40.3 Å². The smallest absolute Gasteiger partial charge is 0.220 e. The Balaban J connectivity index is 2.17. The van der Waals surface area contributed by atoms with Crippen LogP contribution in [0.25, 0.3) is 0 Å². The molecule has 278 valence electrons. The van der Waals surface area contributed by atoms with Crippen LogP contribution in [0.15, 0.2) is 12.2 Å². The first-order valence-corrected chi connectivity index (χ1v) is 19.4. The molecule has 1 aliphatic heterocycles. The summed E-state index contributed by atoms with van der Waals surface area (Å²) in [4.78, 5) is 12.4. The lowest BCUT2D eigenvalue weighted by Gasteiger charge is -2.40. The normalized spacial score (nSPS) is 22.9. The fourth-order valence-corrected chi connectivity index (χ4v) is 6.13. The highest BCUT2D eigenvalue weighted by Crippen LogP contribution is 2.22. The number of hydrogen-bond donors (Lipinski definition) is 6. The number of rotatable bonds is 31. The Bertz CT molecular complexity index is 751. The van der Waals surface area contributed by atoms with Crippen LogP contribution >= 0.6 is 0 Å². The summed E-state index contributed by atoms with van der Waals surface area (Å²) >= 11 is 0. The van der Waals surface area contributed by atoms with Crippen LogP contribution in [0.1, 0.15) is 168 Å². The van der Waals surface area contributed by atoms with Gasteiger partial charge in [0.2, 0.25) is 5.91 Å². The lowest BCUT2D eigenvalue weighted by molar-refractivity contribution is -0.302. The molecule has 0 aromatic heterocycles. The highest BCUT2D eigenvalue weighted by Gasteiger charge is 2.44. The zero-order valence-electron chi connectivity index (χ0n) is 30.0. The number of aliphatic hydroxyl groups excluding tert-OH is 5. The van der Waals surface area contributed by atoms with E-state index in [0.29, 0.717) is 6.42 Å². The van der Waals surface area contributed by atoms with Crippen molar-refractivity contribution in [2.75, 3.05) is 13.2 Å². The molecule has 0 aromatic carbocycles. The third-order valence-electron chi connectivity index (χ3n) is 9.36. The van der Waals surface area contributed by atoms with Crippen LogP contribution in [0.3, 0.4) is 0 Å². The second-order valence-corrected chi connectivity index (χ2v) is 13.7. The first-order chi connectivity index (χ1) is 22.8. The Hall–Kier alpha value is -1.07. The summed E-state index contributed by atoms with van der Waals surface area (Å²) < 4.78 is 11.0. The first kappa shape index (κ1) is 44.0. The van der Waals surface area contributed by atoms with Crippen molar-refractivity contribution in [2.45, 2.75) is 211 Å². The number of nitrogens with one attached hydrogen (secondary N) is 1. The zero-order chi connectivity index (χ0) is 34.5. The van der Waals surface area contributed by atoms with E-state index in [1.54, 1.807) is 6.08 Å². The highest BCUT2D eigenvalue weighted by molar-refractivity contribution is 5.76. The number of unbranched alkanes of at least 4 members (excludes halogenated alkanes) is 21. The summed E-state index contributed by atoms with van der Waals surface area (Å²) in [5, 5.41) is 53.3. The van der Waals surface area contributed by atoms with E-state index in [4.69, 9.17) is 9.47 Å². The molecule has 7 unspecified atom stereocenters. The molecule has 6 N–H and O–H groups in total. The Morgan fingerprint density at radius 1 is 0.702 bits per heavy atom. The van der Waals surface area contributed by atoms with Gasteiger partial charge >= 0.3 is 0 Å². The van der Waals surface area contributed by atoms with Gasteiger partial charge in [-0.15, -0.1) is 0 Å². The maximum absolute atomic E-state index is 12.4. The van der Waals surface area contributed by atoms with Crippen LogP contribution in [-0.2, 0) is 14.3 Å². The summed E-state index contributed by atoms with van der Waals surface area (Å²) in [6.45, 7) is 3.52. The van der Waals surface area contributed by atoms with Gasteiger partial charge in [-0.1, -0.05) is 154 Å². The predicted octanol–water partition coefficient (Wildman–Crippen LogP) is 6.61. The Kier molecular flexibility index (Phi) is 27.9. The third kappa shape index (κ3) is 21.6. The summed E-state index contributed by atoms with van der Waals surface area (Å²) in [5.74, 6) is -0.212. The van der Waals surface area contributed by atoms with Crippen LogP contribution in [-0.4, -0.2) is 87.5 Å². The number of carbonyl (C=O) groups excluding carboxylic acids is 1. The molecule has 1 saturated heterocycles. The van der Waals surface area contributed by atoms with Crippen LogP contribution in [0.2, 0.25) is 0 Å². The summed E-state index contributed by atoms with van der Waals surface area (Å²) in [6, 6.07) is -0.794. The Labute approximate surface area is 286 Å². The average molecular weight is 672 g/mol. The molecular formula is C38H73NO8. The van der Waals surface area contributed by atoms with Gasteiger partial charge in [-0.05, 0) is 19.3 Å². The van der Waals surface area contributed by atoms with Gasteiger partial charge in [-0.25, -0.2) is 0 Å². The van der Waals surface area contributed by atoms with Crippen LogP contribution < -0.4 is 5.32 Å². The van der Waals surface area contributed by atoms with E-state index in [1.165, 1.54) is 116 Å². The molecular weight excluding hydrogens is 598 g/mol. The molecule has 0 radical (unpaired) electrons. The minimum Gasteiger partial charge on any atom is -0.394 e. The fraction of sp³-hybridized carbons (Fsp3) is 0.921. The lowest BCUT2D eigenvalue weighted by atomic mass is 9.99. The minimum absolute atomic E-state index is 0.189. The quantitative estimate of drug-likeness (QED) is 0.0357. The van der Waals surface area contributed by atoms with Gasteiger partial charge in [0.1, 0.15) is 24.4 Å². The molecule has 0 aromatic rings. The summed E-state index contributed by atoms with van der Waals surface area (Å²) in [7, 11) is 0. The molecule has 7 atom stereocenters. The van der Waals surface area contributed by atoms with Gasteiger partial charge in [0.15, 0.2) is 6.29 Å². The minimum atomic E-state index is -1.56. The van der Waals surface area contributed by atoms with E-state index < -0.39 is 49.5 Å². The van der Waals surface area contributed by atoms with E-state index in [-0.39, 0.29) is 12.5 Å². The van der Waals surface area contributed by atoms with Crippen LogP contribution in [0, 0.1) is 0 Å². The molecule has 1 aliphatic rings. The summed E-state index contributed by atoms with van der Waals surface area (Å²) in [5.41, 5.74) is 0. The maximum Gasteiger partial charge on any atom is 0.220 e. The molecule has 1 heterocycles. The van der Waals surface area contributed by atoms with Crippen molar-refractivity contribution in [3.05, 3.63) is 12.2 Å². The van der Waals surface area contributed by atoms with Gasteiger partial charge in [0.05, 0.1) is 25.4 Å². The SMILES string of the molecule is CCCCCCCCCCCCCCCCCCCCCC/C=C/C(O)C(COC1OC(CO)C(O)C(O)C1O)NC(=O)CCCC. The van der Waals surface area contributed by atoms with E-state index in [0.717, 1.165) is 32.1 Å². The standard InChI is InChI=1S/C38H73NO8/c1-3-5-7-8-9-10-11-12-13-14-15-16-17-18-19-20-21-22-23-24-25-26-27-32(41)31(39-34(42)28-6-4-2)30-46-38-37(45)36(44)35(43)33(29-40)47-38/h26-27,31-33,35-38,40-41,43-45H,3-25,28-30H2,1-2H3,(H,39,42)/b27-26+. The van der Waals surface area contributed by atoms with E-state index in [9.17, 15) is 30.3 Å². The van der Waals surface area contributed by atoms with Crippen molar-refractivity contribution in [1.82, 2.24) is 5.32 Å². The lowest BCUT2D eigenvalue weighted by Crippen LogP contribution is -2.60. The van der Waals surface area contributed by atoms with E-state index >= 15 is 0 Å². The molecule has 0 saturated carbocycles. The van der Waals surface area contributed by atoms with Crippen molar-refractivity contribution in [2.24, 2.45) is 0 Å². The fourth-order valence-electron chi connectivity index (χ4n) is 6.13. The number of amides is 1. The highest BCUT2D eigenvalue weighted by atomic mass is 16.7. The van der Waals surface area contributed by atoms with Crippen molar-refractivity contribution < 1.29 is 39.8 Å². The van der Waals surface area contributed by atoms with Gasteiger partial charge in [-0.3, -0.25) is 4.79 Å². The first-order valence-electron chi connectivity index (χ1n) is 19.4. The second-order valence-electron chi connectivity index (χ2n) is 13.7. The van der Waals surface area contributed by atoms with Gasteiger partial charge in [0, 0.05) is 6.42 Å². The molecule has 1 fully saturated rings. The number of hydrogen-bond acceptors (Lipinski definition) is 8. The number of allylic oxidation sites excluding steroid dienone is 1. The van der Waals surface area contributed by atoms with Gasteiger partial charge in [-0.2, -0.15) is 0 Å². The number of carbonyl (C=O) groups is 1. The molecule has 9 heteroatoms. The van der Waals surface area contributed by atoms with E-state index in [1.807, 2.05) is 13.0 Å². The number of aliphatic hydroxyl groups is 5. The van der Waals surface area contributed by atoms with E-state index in [2.05, 4.69) is 12.2 Å². The average Bonchev–Trinajstić information content (AvgIpc) is 3.07. The van der Waals surface area contributed by atoms with Crippen LogP contribution in [0.5, 0.6) is 0 Å². The molecule has 0 aliphatic carbocycles. The van der Waals surface area contributed by atoms with Gasteiger partial charge in [0.25, 0.3) is 0 Å². The van der Waals surface area contributed by atoms with Crippen LogP contribution in [0.4, 0.5) is 0 Å². The molecule has 47 heavy (non-hydrogen) atoms.